The molecule has 0 unspecified atom stereocenters. The molecular weight excluding hydrogens is 388 g/mol. The number of likely N-dealkylation sites (N-methyl/N-ethyl adjacent to an activating group) is 1. The lowest BCUT2D eigenvalue weighted by Gasteiger charge is -2.45. The van der Waals surface area contributed by atoms with E-state index in [1.165, 1.54) is 18.4 Å². The molecule has 1 saturated heterocycles. The van der Waals surface area contributed by atoms with Gasteiger partial charge in [-0.2, -0.15) is 0 Å². The minimum Gasteiger partial charge on any atom is -0.481 e. The highest BCUT2D eigenvalue weighted by Crippen LogP contribution is 2.39. The fraction of sp³-hybridized carbons (Fsp3) is 0.692. The quantitative estimate of drug-likeness (QED) is 0.667. The highest BCUT2D eigenvalue weighted by Gasteiger charge is 2.39. The topological polar surface area (TPSA) is 49.9 Å². The summed E-state index contributed by atoms with van der Waals surface area (Å²) in [5.74, 6) is 1.52. The molecule has 2 aliphatic heterocycles. The Morgan fingerprint density at radius 3 is 2.48 bits per heavy atom. The van der Waals surface area contributed by atoms with Gasteiger partial charge in [-0.1, -0.05) is 37.5 Å². The summed E-state index contributed by atoms with van der Waals surface area (Å²) in [5, 5.41) is 0. The number of likely N-dealkylation sites (tertiary alicyclic amines) is 1. The Labute approximate surface area is 187 Å². The van der Waals surface area contributed by atoms with Crippen LogP contribution in [0.5, 0.6) is 5.75 Å². The minimum absolute atomic E-state index is 0.0409. The SMILES string of the molecule is C[C@H]1Oc2ccccc2CCCCC2(CCN(C(=O)C3CCCC3)CC2)CN(C)C1=O. The average Bonchev–Trinajstić information content (AvgIpc) is 3.31. The number of nitrogens with zero attached hydrogens (tertiary/aromatic N) is 2. The molecule has 1 saturated carbocycles. The second-order valence-electron chi connectivity index (χ2n) is 10.1. The number of ether oxygens (including phenoxy) is 1. The summed E-state index contributed by atoms with van der Waals surface area (Å²) in [4.78, 5) is 30.0. The number of piperidine rings is 1. The van der Waals surface area contributed by atoms with Crippen LogP contribution in [0.2, 0.25) is 0 Å². The van der Waals surface area contributed by atoms with E-state index in [9.17, 15) is 9.59 Å². The molecule has 0 bridgehead atoms. The van der Waals surface area contributed by atoms with Gasteiger partial charge >= 0.3 is 0 Å². The van der Waals surface area contributed by atoms with Crippen molar-refractivity contribution in [2.24, 2.45) is 11.3 Å². The van der Waals surface area contributed by atoms with Gasteiger partial charge in [0.05, 0.1) is 0 Å². The first kappa shape index (κ1) is 22.2. The monoisotopic (exact) mass is 426 g/mol. The molecule has 1 aromatic rings. The molecule has 0 radical (unpaired) electrons. The van der Waals surface area contributed by atoms with Crippen molar-refractivity contribution in [1.82, 2.24) is 9.80 Å². The number of amides is 2. The number of benzene rings is 1. The number of carbonyl (C=O) groups excluding carboxylic acids is 2. The molecule has 1 aromatic carbocycles. The molecule has 5 heteroatoms. The molecule has 31 heavy (non-hydrogen) atoms. The van der Waals surface area contributed by atoms with E-state index < -0.39 is 6.10 Å². The molecule has 3 aliphatic rings. The van der Waals surface area contributed by atoms with E-state index >= 15 is 0 Å². The smallest absolute Gasteiger partial charge is 0.263 e. The summed E-state index contributed by atoms with van der Waals surface area (Å²) < 4.78 is 6.09. The molecule has 2 fully saturated rings. The lowest BCUT2D eigenvalue weighted by Crippen LogP contribution is -2.50. The Morgan fingerprint density at radius 1 is 1.03 bits per heavy atom. The van der Waals surface area contributed by atoms with Gasteiger partial charge in [0, 0.05) is 32.6 Å². The van der Waals surface area contributed by atoms with Gasteiger partial charge in [0.15, 0.2) is 6.10 Å². The van der Waals surface area contributed by atoms with Gasteiger partial charge in [-0.05, 0) is 68.9 Å². The molecule has 1 aliphatic carbocycles. The van der Waals surface area contributed by atoms with Gasteiger partial charge in [0.25, 0.3) is 5.91 Å². The van der Waals surface area contributed by atoms with Crippen LogP contribution in [0.15, 0.2) is 24.3 Å². The third-order valence-electron chi connectivity index (χ3n) is 7.82. The summed E-state index contributed by atoms with van der Waals surface area (Å²) >= 11 is 0. The summed E-state index contributed by atoms with van der Waals surface area (Å²) in [5.41, 5.74) is 1.30. The molecule has 2 heterocycles. The number of hydrogen-bond acceptors (Lipinski definition) is 3. The van der Waals surface area contributed by atoms with Crippen molar-refractivity contribution in [2.45, 2.75) is 77.2 Å². The highest BCUT2D eigenvalue weighted by atomic mass is 16.5. The van der Waals surface area contributed by atoms with E-state index in [-0.39, 0.29) is 17.2 Å². The first-order valence-electron chi connectivity index (χ1n) is 12.3. The Hall–Kier alpha value is -2.04. The summed E-state index contributed by atoms with van der Waals surface area (Å²) in [6.45, 7) is 4.29. The first-order valence-corrected chi connectivity index (χ1v) is 12.3. The molecule has 0 N–H and O–H groups in total. The Kier molecular flexibility index (Phi) is 6.88. The normalized spacial score (nSPS) is 25.5. The fourth-order valence-electron chi connectivity index (χ4n) is 5.89. The molecule has 0 aromatic heterocycles. The van der Waals surface area contributed by atoms with E-state index in [0.29, 0.717) is 5.91 Å². The maximum Gasteiger partial charge on any atom is 0.263 e. The zero-order chi connectivity index (χ0) is 21.8. The zero-order valence-corrected chi connectivity index (χ0v) is 19.3. The predicted molar refractivity (Wildman–Crippen MR) is 122 cm³/mol. The van der Waals surface area contributed by atoms with E-state index in [1.54, 1.807) is 0 Å². The van der Waals surface area contributed by atoms with Crippen LogP contribution in [0.3, 0.4) is 0 Å². The molecular formula is C26H38N2O3. The number of hydrogen-bond donors (Lipinski definition) is 0. The molecule has 4 rings (SSSR count). The fourth-order valence-corrected chi connectivity index (χ4v) is 5.89. The van der Waals surface area contributed by atoms with Gasteiger partial charge in [-0.3, -0.25) is 9.59 Å². The molecule has 2 amide bonds. The first-order chi connectivity index (χ1) is 15.0. The van der Waals surface area contributed by atoms with Gasteiger partial charge in [0.1, 0.15) is 5.75 Å². The van der Waals surface area contributed by atoms with E-state index in [4.69, 9.17) is 4.74 Å². The van der Waals surface area contributed by atoms with Gasteiger partial charge in [0.2, 0.25) is 5.91 Å². The van der Waals surface area contributed by atoms with Crippen LogP contribution in [0.1, 0.15) is 70.3 Å². The van der Waals surface area contributed by atoms with Crippen molar-refractivity contribution in [3.8, 4) is 5.75 Å². The van der Waals surface area contributed by atoms with Crippen LogP contribution < -0.4 is 4.74 Å². The summed E-state index contributed by atoms with van der Waals surface area (Å²) in [6, 6.07) is 8.11. The predicted octanol–water partition coefficient (Wildman–Crippen LogP) is 4.44. The maximum atomic E-state index is 13.1. The van der Waals surface area contributed by atoms with E-state index in [2.05, 4.69) is 11.0 Å². The number of aryl methyl sites for hydroxylation is 1. The number of rotatable bonds is 1. The standard InChI is InChI=1S/C26H38N2O3/c1-20-24(29)27(2)19-26(14-8-7-10-21-9-5-6-13-23(21)31-20)15-17-28(18-16-26)25(30)22-11-3-4-12-22/h5-6,9,13,20,22H,3-4,7-8,10-12,14-19H2,1-2H3/t20-/m1/s1. The van der Waals surface area contributed by atoms with Crippen molar-refractivity contribution < 1.29 is 14.3 Å². The third kappa shape index (κ3) is 5.07. The summed E-state index contributed by atoms with van der Waals surface area (Å²) in [7, 11) is 1.91. The van der Waals surface area contributed by atoms with Crippen LogP contribution in [0, 0.1) is 11.3 Å². The van der Waals surface area contributed by atoms with Crippen molar-refractivity contribution in [1.29, 1.82) is 0 Å². The molecule has 5 nitrogen and oxygen atoms in total. The lowest BCUT2D eigenvalue weighted by molar-refractivity contribution is -0.142. The van der Waals surface area contributed by atoms with Crippen LogP contribution >= 0.6 is 0 Å². The van der Waals surface area contributed by atoms with Crippen molar-refractivity contribution >= 4 is 11.8 Å². The van der Waals surface area contributed by atoms with Crippen molar-refractivity contribution in [3.63, 3.8) is 0 Å². The van der Waals surface area contributed by atoms with Gasteiger partial charge in [-0.25, -0.2) is 0 Å². The number of carbonyl (C=O) groups is 2. The molecule has 1 spiro atoms. The second-order valence-corrected chi connectivity index (χ2v) is 10.1. The van der Waals surface area contributed by atoms with Crippen molar-refractivity contribution in [2.75, 3.05) is 26.7 Å². The van der Waals surface area contributed by atoms with Crippen molar-refractivity contribution in [3.05, 3.63) is 29.8 Å². The van der Waals surface area contributed by atoms with E-state index in [1.807, 2.05) is 37.1 Å². The molecule has 1 atom stereocenters. The Morgan fingerprint density at radius 2 is 1.74 bits per heavy atom. The molecule has 170 valence electrons. The lowest BCUT2D eigenvalue weighted by atomic mass is 9.73. The average molecular weight is 427 g/mol. The largest absolute Gasteiger partial charge is 0.481 e. The third-order valence-corrected chi connectivity index (χ3v) is 7.82. The van der Waals surface area contributed by atoms with Crippen LogP contribution in [-0.4, -0.2) is 54.4 Å². The Bertz CT molecular complexity index is 779. The minimum atomic E-state index is -0.494. The second kappa shape index (κ2) is 9.62. The van der Waals surface area contributed by atoms with Gasteiger partial charge < -0.3 is 14.5 Å². The van der Waals surface area contributed by atoms with E-state index in [0.717, 1.165) is 76.8 Å². The highest BCUT2D eigenvalue weighted by molar-refractivity contribution is 5.81. The van der Waals surface area contributed by atoms with Gasteiger partial charge in [-0.15, -0.1) is 0 Å². The van der Waals surface area contributed by atoms with Crippen LogP contribution in [0.25, 0.3) is 0 Å². The Balaban J connectivity index is 1.45. The van der Waals surface area contributed by atoms with Crippen LogP contribution in [-0.2, 0) is 16.0 Å². The zero-order valence-electron chi connectivity index (χ0n) is 19.3. The number of para-hydroxylation sites is 1. The van der Waals surface area contributed by atoms with Crippen LogP contribution in [0.4, 0.5) is 0 Å². The summed E-state index contributed by atoms with van der Waals surface area (Å²) in [6.07, 6.45) is 10.4. The number of fused-ring (bicyclic) bond motifs is 1. The maximum absolute atomic E-state index is 13.1.